The maximum atomic E-state index is 13.0. The van der Waals surface area contributed by atoms with Crippen LogP contribution in [-0.4, -0.2) is 30.3 Å². The van der Waals surface area contributed by atoms with Crippen LogP contribution in [0.5, 0.6) is 0 Å². The molecule has 194 valence electrons. The van der Waals surface area contributed by atoms with E-state index in [4.69, 9.17) is 39.5 Å². The van der Waals surface area contributed by atoms with Gasteiger partial charge in [-0.15, -0.1) is 0 Å². The second-order valence-electron chi connectivity index (χ2n) is 8.08. The van der Waals surface area contributed by atoms with Crippen LogP contribution in [-0.2, 0) is 14.3 Å². The Morgan fingerprint density at radius 1 is 0.868 bits per heavy atom. The number of amides is 3. The Labute approximate surface area is 233 Å². The number of ether oxygens (including phenoxy) is 1. The second-order valence-corrected chi connectivity index (χ2v) is 9.24. The van der Waals surface area contributed by atoms with E-state index in [1.54, 1.807) is 36.4 Å². The molecule has 1 heterocycles. The molecule has 0 fully saturated rings. The minimum atomic E-state index is -0.750. The molecule has 0 saturated carbocycles. The van der Waals surface area contributed by atoms with E-state index in [-0.39, 0.29) is 26.5 Å². The maximum absolute atomic E-state index is 13.0. The van der Waals surface area contributed by atoms with Gasteiger partial charge in [0.15, 0.2) is 0 Å². The monoisotopic (exact) mass is 571 g/mol. The molecule has 0 spiro atoms. The molecule has 0 aliphatic carbocycles. The third kappa shape index (κ3) is 5.67. The predicted octanol–water partition coefficient (Wildman–Crippen LogP) is 6.25. The SMILES string of the molecule is CCCOC(=O)c1cccc(NC(=O)c2ccc(NC3=C(Cl)C(=O)N(c4cccc(Cl)c4Cl)C3=O)cc2)c1. The molecule has 8 nitrogen and oxygen atoms in total. The molecule has 0 unspecified atom stereocenters. The molecule has 3 aromatic carbocycles. The predicted molar refractivity (Wildman–Crippen MR) is 147 cm³/mol. The number of carbonyl (C=O) groups is 4. The molecular formula is C27H20Cl3N3O5. The summed E-state index contributed by atoms with van der Waals surface area (Å²) in [5.41, 5.74) is 1.45. The van der Waals surface area contributed by atoms with Gasteiger partial charge in [0.1, 0.15) is 10.7 Å². The first-order valence-corrected chi connectivity index (χ1v) is 12.5. The largest absolute Gasteiger partial charge is 0.462 e. The Kier molecular flexibility index (Phi) is 8.36. The van der Waals surface area contributed by atoms with Crippen molar-refractivity contribution in [1.29, 1.82) is 0 Å². The van der Waals surface area contributed by atoms with Gasteiger partial charge in [-0.05, 0) is 61.0 Å². The Balaban J connectivity index is 1.45. The number of benzene rings is 3. The van der Waals surface area contributed by atoms with Crippen molar-refractivity contribution in [3.05, 3.63) is 98.6 Å². The highest BCUT2D eigenvalue weighted by Gasteiger charge is 2.40. The van der Waals surface area contributed by atoms with Crippen LogP contribution in [0, 0.1) is 0 Å². The van der Waals surface area contributed by atoms with Crippen LogP contribution in [0.15, 0.2) is 77.5 Å². The first-order chi connectivity index (χ1) is 18.2. The second kappa shape index (κ2) is 11.7. The summed E-state index contributed by atoms with van der Waals surface area (Å²) >= 11 is 18.4. The van der Waals surface area contributed by atoms with Gasteiger partial charge in [0, 0.05) is 16.9 Å². The van der Waals surface area contributed by atoms with Crippen molar-refractivity contribution in [3.63, 3.8) is 0 Å². The first-order valence-electron chi connectivity index (χ1n) is 11.4. The minimum absolute atomic E-state index is 0.0420. The molecule has 0 bridgehead atoms. The van der Waals surface area contributed by atoms with Crippen molar-refractivity contribution in [2.24, 2.45) is 0 Å². The molecule has 0 aromatic heterocycles. The number of imide groups is 1. The number of rotatable bonds is 8. The number of hydrogen-bond acceptors (Lipinski definition) is 6. The fourth-order valence-electron chi connectivity index (χ4n) is 3.55. The van der Waals surface area contributed by atoms with E-state index in [0.717, 1.165) is 4.90 Å². The number of nitrogens with zero attached hydrogens (tertiary/aromatic N) is 1. The summed E-state index contributed by atoms with van der Waals surface area (Å²) in [6, 6.07) is 17.2. The molecule has 0 radical (unpaired) electrons. The van der Waals surface area contributed by atoms with Crippen LogP contribution in [0.4, 0.5) is 17.1 Å². The van der Waals surface area contributed by atoms with Crippen molar-refractivity contribution in [2.45, 2.75) is 13.3 Å². The molecule has 2 N–H and O–H groups in total. The number of halogens is 3. The van der Waals surface area contributed by atoms with E-state index in [2.05, 4.69) is 10.6 Å². The highest BCUT2D eigenvalue weighted by Crippen LogP contribution is 2.37. The molecular weight excluding hydrogens is 553 g/mol. The average Bonchev–Trinajstić information content (AvgIpc) is 3.12. The smallest absolute Gasteiger partial charge is 0.338 e. The molecule has 38 heavy (non-hydrogen) atoms. The molecule has 4 rings (SSSR count). The van der Waals surface area contributed by atoms with Gasteiger partial charge in [-0.1, -0.05) is 53.9 Å². The van der Waals surface area contributed by atoms with E-state index in [9.17, 15) is 19.2 Å². The Morgan fingerprint density at radius 3 is 2.29 bits per heavy atom. The summed E-state index contributed by atoms with van der Waals surface area (Å²) < 4.78 is 5.12. The summed E-state index contributed by atoms with van der Waals surface area (Å²) in [5, 5.41) is 5.47. The highest BCUT2D eigenvalue weighted by atomic mass is 35.5. The van der Waals surface area contributed by atoms with E-state index >= 15 is 0 Å². The third-order valence-corrected chi connectivity index (χ3v) is 6.57. The van der Waals surface area contributed by atoms with Gasteiger partial charge < -0.3 is 15.4 Å². The van der Waals surface area contributed by atoms with Crippen LogP contribution in [0.2, 0.25) is 10.0 Å². The number of anilines is 3. The fraction of sp³-hybridized carbons (Fsp3) is 0.111. The van der Waals surface area contributed by atoms with Crippen LogP contribution in [0.25, 0.3) is 0 Å². The zero-order chi connectivity index (χ0) is 27.4. The van der Waals surface area contributed by atoms with E-state index in [1.807, 2.05) is 6.92 Å². The number of nitrogens with one attached hydrogen (secondary N) is 2. The number of hydrogen-bond donors (Lipinski definition) is 2. The third-order valence-electron chi connectivity index (χ3n) is 5.41. The lowest BCUT2D eigenvalue weighted by molar-refractivity contribution is -0.120. The van der Waals surface area contributed by atoms with Gasteiger partial charge in [-0.3, -0.25) is 14.4 Å². The van der Waals surface area contributed by atoms with E-state index in [0.29, 0.717) is 35.5 Å². The van der Waals surface area contributed by atoms with Gasteiger partial charge in [0.25, 0.3) is 17.7 Å². The van der Waals surface area contributed by atoms with Gasteiger partial charge in [0.2, 0.25) is 0 Å². The molecule has 11 heteroatoms. The highest BCUT2D eigenvalue weighted by molar-refractivity contribution is 6.54. The Hall–Kier alpha value is -3.85. The lowest BCUT2D eigenvalue weighted by Crippen LogP contribution is -2.32. The van der Waals surface area contributed by atoms with Gasteiger partial charge in [-0.25, -0.2) is 9.69 Å². The molecule has 0 atom stereocenters. The summed E-state index contributed by atoms with van der Waals surface area (Å²) in [6.45, 7) is 2.21. The molecule has 3 amide bonds. The van der Waals surface area contributed by atoms with Gasteiger partial charge >= 0.3 is 5.97 Å². The lowest BCUT2D eigenvalue weighted by Gasteiger charge is -2.17. The minimum Gasteiger partial charge on any atom is -0.462 e. The van der Waals surface area contributed by atoms with Crippen LogP contribution in [0.3, 0.4) is 0 Å². The van der Waals surface area contributed by atoms with Crippen molar-refractivity contribution < 1.29 is 23.9 Å². The van der Waals surface area contributed by atoms with Crippen molar-refractivity contribution >= 4 is 75.6 Å². The summed E-state index contributed by atoms with van der Waals surface area (Å²) in [7, 11) is 0. The lowest BCUT2D eigenvalue weighted by atomic mass is 10.1. The zero-order valence-electron chi connectivity index (χ0n) is 19.9. The molecule has 1 aliphatic rings. The van der Waals surface area contributed by atoms with Crippen LogP contribution < -0.4 is 15.5 Å². The standard InChI is InChI=1S/C27H20Cl3N3O5/c1-2-13-38-27(37)16-5-3-6-18(14-16)32-24(34)15-9-11-17(12-10-15)31-23-22(30)25(35)33(26(23)36)20-8-4-7-19(28)21(20)29/h3-12,14,31H,2,13H2,1H3,(H,32,34). The van der Waals surface area contributed by atoms with Crippen molar-refractivity contribution in [2.75, 3.05) is 22.1 Å². The number of esters is 1. The topological polar surface area (TPSA) is 105 Å². The van der Waals surface area contributed by atoms with E-state index in [1.165, 1.54) is 30.3 Å². The normalized spacial score (nSPS) is 13.1. The van der Waals surface area contributed by atoms with Crippen molar-refractivity contribution in [3.8, 4) is 0 Å². The summed E-state index contributed by atoms with van der Waals surface area (Å²) in [5.74, 6) is -2.34. The number of carbonyl (C=O) groups excluding carboxylic acids is 4. The fourth-order valence-corrected chi connectivity index (χ4v) is 4.14. The maximum Gasteiger partial charge on any atom is 0.338 e. The quantitative estimate of drug-likeness (QED) is 0.244. The summed E-state index contributed by atoms with van der Waals surface area (Å²) in [4.78, 5) is 51.4. The molecule has 1 aliphatic heterocycles. The molecule has 0 saturated heterocycles. The first kappa shape index (κ1) is 27.2. The van der Waals surface area contributed by atoms with Gasteiger partial charge in [-0.2, -0.15) is 0 Å². The Bertz CT molecular complexity index is 1470. The Morgan fingerprint density at radius 2 is 1.58 bits per heavy atom. The zero-order valence-corrected chi connectivity index (χ0v) is 22.2. The summed E-state index contributed by atoms with van der Waals surface area (Å²) in [6.07, 6.45) is 0.704. The van der Waals surface area contributed by atoms with Crippen LogP contribution >= 0.6 is 34.8 Å². The van der Waals surface area contributed by atoms with Gasteiger partial charge in [0.05, 0.1) is 27.9 Å². The van der Waals surface area contributed by atoms with E-state index < -0.39 is 23.7 Å². The van der Waals surface area contributed by atoms with Crippen molar-refractivity contribution in [1.82, 2.24) is 0 Å². The average molecular weight is 573 g/mol. The van der Waals surface area contributed by atoms with Crippen LogP contribution in [0.1, 0.15) is 34.1 Å². The molecule has 3 aromatic rings.